The summed E-state index contributed by atoms with van der Waals surface area (Å²) in [5.41, 5.74) is 4.99. The number of ether oxygens (including phenoxy) is 1. The van der Waals surface area contributed by atoms with Crippen molar-refractivity contribution in [3.63, 3.8) is 0 Å². The maximum absolute atomic E-state index is 13.5. The highest BCUT2D eigenvalue weighted by Gasteiger charge is 2.13. The third-order valence-electron chi connectivity index (χ3n) is 4.99. The van der Waals surface area contributed by atoms with Crippen molar-refractivity contribution in [3.05, 3.63) is 93.4 Å². The number of rotatable bonds is 7. The highest BCUT2D eigenvalue weighted by atomic mass is 35.5. The van der Waals surface area contributed by atoms with E-state index in [0.717, 1.165) is 0 Å². The van der Waals surface area contributed by atoms with Gasteiger partial charge >= 0.3 is 6.03 Å². The van der Waals surface area contributed by atoms with Gasteiger partial charge in [0.05, 0.1) is 34.5 Å². The van der Waals surface area contributed by atoms with Crippen LogP contribution in [0.2, 0.25) is 5.02 Å². The topological polar surface area (TPSA) is 131 Å². The zero-order valence-corrected chi connectivity index (χ0v) is 19.4. The zero-order chi connectivity index (χ0) is 25.7. The maximum atomic E-state index is 13.5. The molecule has 0 saturated carbocycles. The van der Waals surface area contributed by atoms with Crippen LogP contribution >= 0.6 is 11.6 Å². The SMILES string of the molecule is COc1cc2nccc(Nc3ccc(F)c(Cl)c3)c2cc1NC(=O)N/N=C/c1ccc([N+](=O)[O-])cc1. The molecule has 0 spiro atoms. The minimum Gasteiger partial charge on any atom is -0.494 e. The Kier molecular flexibility index (Phi) is 7.21. The molecule has 0 radical (unpaired) electrons. The second kappa shape index (κ2) is 10.7. The molecule has 1 aromatic heterocycles. The molecule has 3 N–H and O–H groups in total. The van der Waals surface area contributed by atoms with E-state index in [2.05, 4.69) is 26.1 Å². The number of halogens is 2. The molecular formula is C24H18ClFN6O4. The molecule has 182 valence electrons. The van der Waals surface area contributed by atoms with Crippen molar-refractivity contribution in [2.24, 2.45) is 5.10 Å². The van der Waals surface area contributed by atoms with Crippen molar-refractivity contribution in [1.82, 2.24) is 10.4 Å². The number of carbonyl (C=O) groups excluding carboxylic acids is 1. The molecule has 2 amide bonds. The van der Waals surface area contributed by atoms with Gasteiger partial charge in [0.2, 0.25) is 0 Å². The molecule has 0 fully saturated rings. The van der Waals surface area contributed by atoms with Crippen molar-refractivity contribution in [2.45, 2.75) is 0 Å². The molecule has 0 bridgehead atoms. The molecule has 0 aliphatic rings. The molecule has 10 nitrogen and oxygen atoms in total. The summed E-state index contributed by atoms with van der Waals surface area (Å²) in [5, 5.41) is 21.1. The first-order chi connectivity index (χ1) is 17.3. The number of nitrogens with zero attached hydrogens (tertiary/aromatic N) is 3. The summed E-state index contributed by atoms with van der Waals surface area (Å²) >= 11 is 5.88. The monoisotopic (exact) mass is 508 g/mol. The molecule has 0 aliphatic carbocycles. The average Bonchev–Trinajstić information content (AvgIpc) is 2.86. The van der Waals surface area contributed by atoms with E-state index in [0.29, 0.717) is 39.3 Å². The number of urea groups is 1. The second-order valence-electron chi connectivity index (χ2n) is 7.35. The number of amides is 2. The van der Waals surface area contributed by atoms with Gasteiger partial charge in [-0.15, -0.1) is 0 Å². The Labute approximate surface area is 208 Å². The van der Waals surface area contributed by atoms with Crippen LogP contribution in [-0.4, -0.2) is 29.3 Å². The normalized spacial score (nSPS) is 10.9. The lowest BCUT2D eigenvalue weighted by Gasteiger charge is -2.14. The van der Waals surface area contributed by atoms with Crippen molar-refractivity contribution in [1.29, 1.82) is 0 Å². The van der Waals surface area contributed by atoms with Crippen LogP contribution < -0.4 is 20.8 Å². The number of fused-ring (bicyclic) bond motifs is 1. The number of hydrazone groups is 1. The molecular weight excluding hydrogens is 491 g/mol. The fourth-order valence-electron chi connectivity index (χ4n) is 3.28. The summed E-state index contributed by atoms with van der Waals surface area (Å²) in [6.45, 7) is 0. The predicted octanol–water partition coefficient (Wildman–Crippen LogP) is 5.84. The Bertz CT molecular complexity index is 1480. The lowest BCUT2D eigenvalue weighted by Crippen LogP contribution is -2.24. The largest absolute Gasteiger partial charge is 0.494 e. The molecule has 0 saturated heterocycles. The summed E-state index contributed by atoms with van der Waals surface area (Å²) < 4.78 is 18.9. The number of nitrogens with one attached hydrogen (secondary N) is 3. The summed E-state index contributed by atoms with van der Waals surface area (Å²) in [5.74, 6) is -0.160. The molecule has 0 aliphatic heterocycles. The van der Waals surface area contributed by atoms with Crippen molar-refractivity contribution >= 4 is 57.5 Å². The number of benzene rings is 3. The molecule has 4 rings (SSSR count). The van der Waals surface area contributed by atoms with Crippen LogP contribution in [0.15, 0.2) is 72.0 Å². The van der Waals surface area contributed by atoms with Gasteiger partial charge in [-0.25, -0.2) is 14.6 Å². The molecule has 0 atom stereocenters. The number of hydrogen-bond donors (Lipinski definition) is 3. The molecule has 1 heterocycles. The first-order valence-electron chi connectivity index (χ1n) is 10.4. The van der Waals surface area contributed by atoms with Gasteiger partial charge in [0.25, 0.3) is 5.69 Å². The smallest absolute Gasteiger partial charge is 0.339 e. The van der Waals surface area contributed by atoms with Crippen LogP contribution in [-0.2, 0) is 0 Å². The maximum Gasteiger partial charge on any atom is 0.339 e. The fourth-order valence-corrected chi connectivity index (χ4v) is 3.46. The Hall–Kier alpha value is -4.77. The predicted molar refractivity (Wildman–Crippen MR) is 136 cm³/mol. The van der Waals surface area contributed by atoms with Gasteiger partial charge in [0.1, 0.15) is 11.6 Å². The van der Waals surface area contributed by atoms with Crippen molar-refractivity contribution in [3.8, 4) is 5.75 Å². The molecule has 4 aromatic rings. The zero-order valence-electron chi connectivity index (χ0n) is 18.7. The van der Waals surface area contributed by atoms with Gasteiger partial charge in [0.15, 0.2) is 0 Å². The molecule has 0 unspecified atom stereocenters. The summed E-state index contributed by atoms with van der Waals surface area (Å²) in [6, 6.07) is 14.4. The number of anilines is 3. The lowest BCUT2D eigenvalue weighted by molar-refractivity contribution is -0.384. The summed E-state index contributed by atoms with van der Waals surface area (Å²) in [6.07, 6.45) is 2.95. The van der Waals surface area contributed by atoms with E-state index in [1.54, 1.807) is 30.5 Å². The van der Waals surface area contributed by atoms with Crippen LogP contribution in [0.5, 0.6) is 5.75 Å². The number of non-ortho nitro benzene ring substituents is 1. The Morgan fingerprint density at radius 1 is 1.14 bits per heavy atom. The van der Waals surface area contributed by atoms with Crippen LogP contribution in [0.1, 0.15) is 5.56 Å². The Morgan fingerprint density at radius 3 is 2.61 bits per heavy atom. The first-order valence-corrected chi connectivity index (χ1v) is 10.7. The highest BCUT2D eigenvalue weighted by Crippen LogP contribution is 2.34. The van der Waals surface area contributed by atoms with Gasteiger partial charge in [-0.05, 0) is 48.0 Å². The Balaban J connectivity index is 1.53. The number of hydrogen-bond acceptors (Lipinski definition) is 7. The third-order valence-corrected chi connectivity index (χ3v) is 5.28. The second-order valence-corrected chi connectivity index (χ2v) is 7.76. The number of aromatic nitrogens is 1. The van der Waals surface area contributed by atoms with E-state index in [9.17, 15) is 19.3 Å². The number of pyridine rings is 1. The van der Waals surface area contributed by atoms with Gasteiger partial charge in [0, 0.05) is 41.2 Å². The summed E-state index contributed by atoms with van der Waals surface area (Å²) in [4.78, 5) is 27.0. The minimum absolute atomic E-state index is 0.0201. The van der Waals surface area contributed by atoms with E-state index in [4.69, 9.17) is 16.3 Å². The number of carbonyl (C=O) groups is 1. The van der Waals surface area contributed by atoms with E-state index >= 15 is 0 Å². The van der Waals surface area contributed by atoms with Gasteiger partial charge in [-0.3, -0.25) is 15.1 Å². The van der Waals surface area contributed by atoms with Gasteiger partial charge in [-0.2, -0.15) is 5.10 Å². The highest BCUT2D eigenvalue weighted by molar-refractivity contribution is 6.31. The van der Waals surface area contributed by atoms with Crippen molar-refractivity contribution < 1.29 is 18.8 Å². The molecule has 12 heteroatoms. The molecule has 36 heavy (non-hydrogen) atoms. The van der Waals surface area contributed by atoms with Gasteiger partial charge < -0.3 is 15.4 Å². The van der Waals surface area contributed by atoms with Crippen LogP contribution in [0.3, 0.4) is 0 Å². The lowest BCUT2D eigenvalue weighted by atomic mass is 10.1. The fraction of sp³-hybridized carbons (Fsp3) is 0.0417. The standard InChI is InChI=1S/C24H18ClFN6O4/c1-36-23-12-21-17(20(8-9-27-21)29-15-4-7-19(26)18(25)10-15)11-22(23)30-24(33)31-28-13-14-2-5-16(6-3-14)32(34)35/h2-13H,1H3,(H,27,29)(H2,30,31,33)/b28-13+. The molecule has 3 aromatic carbocycles. The third kappa shape index (κ3) is 5.65. The van der Waals surface area contributed by atoms with E-state index in [1.807, 2.05) is 0 Å². The Morgan fingerprint density at radius 2 is 1.92 bits per heavy atom. The van der Waals surface area contributed by atoms with E-state index < -0.39 is 16.8 Å². The number of nitro groups is 1. The average molecular weight is 509 g/mol. The number of methoxy groups -OCH3 is 1. The van der Waals surface area contributed by atoms with Crippen LogP contribution in [0, 0.1) is 15.9 Å². The minimum atomic E-state index is -0.644. The van der Waals surface area contributed by atoms with Gasteiger partial charge in [-0.1, -0.05) is 11.6 Å². The van der Waals surface area contributed by atoms with Crippen molar-refractivity contribution in [2.75, 3.05) is 17.7 Å². The van der Waals surface area contributed by atoms with Crippen LogP contribution in [0.4, 0.5) is 31.9 Å². The van der Waals surface area contributed by atoms with E-state index in [1.165, 1.54) is 49.7 Å². The number of nitro benzene ring substituents is 1. The van der Waals surface area contributed by atoms with Crippen LogP contribution in [0.25, 0.3) is 10.9 Å². The van der Waals surface area contributed by atoms with E-state index in [-0.39, 0.29) is 10.7 Å². The summed E-state index contributed by atoms with van der Waals surface area (Å²) in [7, 11) is 1.46. The quantitative estimate of drug-likeness (QED) is 0.163. The first kappa shape index (κ1) is 24.4.